The maximum Gasteiger partial charge on any atom is 0.310 e. The van der Waals surface area contributed by atoms with E-state index in [0.717, 1.165) is 25.9 Å². The highest BCUT2D eigenvalue weighted by Gasteiger charge is 2.43. The third-order valence-electron chi connectivity index (χ3n) is 4.15. The Labute approximate surface area is 104 Å². The van der Waals surface area contributed by atoms with Gasteiger partial charge in [0.2, 0.25) is 0 Å². The molecular weight excluding hydrogens is 218 g/mol. The number of carbonyl (C=O) groups is 1. The molecule has 100 valence electrons. The molecule has 17 heavy (non-hydrogen) atoms. The summed E-state index contributed by atoms with van der Waals surface area (Å²) in [4.78, 5) is 13.6. The molecule has 1 aliphatic rings. The lowest BCUT2D eigenvalue weighted by atomic mass is 9.84. The fourth-order valence-corrected chi connectivity index (χ4v) is 2.29. The summed E-state index contributed by atoms with van der Waals surface area (Å²) in [6.45, 7) is 8.58. The van der Waals surface area contributed by atoms with Crippen molar-refractivity contribution in [2.24, 2.45) is 5.41 Å². The van der Waals surface area contributed by atoms with Gasteiger partial charge in [-0.1, -0.05) is 6.92 Å². The van der Waals surface area contributed by atoms with E-state index in [9.17, 15) is 9.90 Å². The van der Waals surface area contributed by atoms with Crippen molar-refractivity contribution in [3.63, 3.8) is 0 Å². The molecule has 0 saturated carbocycles. The normalized spacial score (nSPS) is 26.4. The molecule has 1 atom stereocenters. The molecule has 1 unspecified atom stereocenters. The van der Waals surface area contributed by atoms with Gasteiger partial charge in [0.1, 0.15) is 0 Å². The van der Waals surface area contributed by atoms with Crippen LogP contribution in [0.15, 0.2) is 0 Å². The van der Waals surface area contributed by atoms with Gasteiger partial charge in [-0.3, -0.25) is 4.79 Å². The van der Waals surface area contributed by atoms with E-state index in [1.54, 1.807) is 7.11 Å². The molecule has 1 fully saturated rings. The topological polar surface area (TPSA) is 49.8 Å². The average molecular weight is 243 g/mol. The first-order valence-corrected chi connectivity index (χ1v) is 6.36. The number of hydrogen-bond donors (Lipinski definition) is 1. The van der Waals surface area contributed by atoms with E-state index in [4.69, 9.17) is 4.74 Å². The van der Waals surface area contributed by atoms with Gasteiger partial charge in [0.05, 0.1) is 11.0 Å². The Morgan fingerprint density at radius 3 is 2.59 bits per heavy atom. The quantitative estimate of drug-likeness (QED) is 0.775. The van der Waals surface area contributed by atoms with Gasteiger partial charge in [0, 0.05) is 20.2 Å². The summed E-state index contributed by atoms with van der Waals surface area (Å²) in [6, 6.07) is 0. The summed E-state index contributed by atoms with van der Waals surface area (Å²) in [5.74, 6) is -0.645. The van der Waals surface area contributed by atoms with Crippen LogP contribution in [0.4, 0.5) is 0 Å². The van der Waals surface area contributed by atoms with Crippen molar-refractivity contribution in [1.82, 2.24) is 4.90 Å². The molecule has 0 amide bonds. The summed E-state index contributed by atoms with van der Waals surface area (Å²) in [7, 11) is 1.72. The highest BCUT2D eigenvalue weighted by Crippen LogP contribution is 2.34. The van der Waals surface area contributed by atoms with Crippen molar-refractivity contribution in [2.75, 3.05) is 26.7 Å². The van der Waals surface area contributed by atoms with Crippen LogP contribution in [0.3, 0.4) is 0 Å². The minimum Gasteiger partial charge on any atom is -0.481 e. The summed E-state index contributed by atoms with van der Waals surface area (Å²) in [5, 5.41) is 9.30. The molecule has 0 bridgehead atoms. The molecule has 0 aliphatic carbocycles. The Morgan fingerprint density at radius 2 is 2.18 bits per heavy atom. The number of aliphatic carboxylic acids is 1. The lowest BCUT2D eigenvalue weighted by Gasteiger charge is -2.27. The molecule has 1 saturated heterocycles. The van der Waals surface area contributed by atoms with Gasteiger partial charge in [0.15, 0.2) is 0 Å². The molecule has 1 heterocycles. The second-order valence-corrected chi connectivity index (χ2v) is 5.68. The van der Waals surface area contributed by atoms with Crippen LogP contribution in [-0.4, -0.2) is 48.3 Å². The van der Waals surface area contributed by atoms with Crippen LogP contribution in [0.5, 0.6) is 0 Å². The number of hydrogen-bond acceptors (Lipinski definition) is 3. The first-order valence-electron chi connectivity index (χ1n) is 6.36. The Bertz CT molecular complexity index is 278. The number of carboxylic acid groups (broad SMARTS) is 1. The van der Waals surface area contributed by atoms with Crippen LogP contribution in [0.25, 0.3) is 0 Å². The minimum atomic E-state index is -0.645. The van der Waals surface area contributed by atoms with Crippen LogP contribution in [-0.2, 0) is 9.53 Å². The molecule has 4 heteroatoms. The zero-order valence-corrected chi connectivity index (χ0v) is 11.5. The van der Waals surface area contributed by atoms with E-state index in [0.29, 0.717) is 13.0 Å². The largest absolute Gasteiger partial charge is 0.481 e. The number of likely N-dealkylation sites (tertiary alicyclic amines) is 1. The molecule has 1 rings (SSSR count). The lowest BCUT2D eigenvalue weighted by Crippen LogP contribution is -2.36. The van der Waals surface area contributed by atoms with Crippen LogP contribution in [0.2, 0.25) is 0 Å². The van der Waals surface area contributed by atoms with E-state index in [1.165, 1.54) is 0 Å². The molecule has 0 radical (unpaired) electrons. The third-order valence-corrected chi connectivity index (χ3v) is 4.15. The van der Waals surface area contributed by atoms with Crippen LogP contribution in [0.1, 0.15) is 40.0 Å². The number of rotatable bonds is 6. The first-order chi connectivity index (χ1) is 7.85. The zero-order chi connectivity index (χ0) is 13.1. The number of nitrogens with zero attached hydrogens (tertiary/aromatic N) is 1. The summed E-state index contributed by atoms with van der Waals surface area (Å²) in [5.41, 5.74) is -0.641. The van der Waals surface area contributed by atoms with Crippen LogP contribution < -0.4 is 0 Å². The van der Waals surface area contributed by atoms with E-state index < -0.39 is 11.4 Å². The fraction of sp³-hybridized carbons (Fsp3) is 0.923. The maximum atomic E-state index is 11.3. The minimum absolute atomic E-state index is 0.124. The summed E-state index contributed by atoms with van der Waals surface area (Å²) in [6.07, 6.45) is 2.42. The summed E-state index contributed by atoms with van der Waals surface area (Å²) >= 11 is 0. The standard InChI is InChI=1S/C13H25NO3/c1-5-13(11(15)16)7-9-14(10-13)8-6-12(2,3)17-4/h5-10H2,1-4H3,(H,15,16). The van der Waals surface area contributed by atoms with E-state index >= 15 is 0 Å². The first kappa shape index (κ1) is 14.5. The fourth-order valence-electron chi connectivity index (χ4n) is 2.29. The average Bonchev–Trinajstić information content (AvgIpc) is 2.71. The number of ether oxygens (including phenoxy) is 1. The van der Waals surface area contributed by atoms with Crippen molar-refractivity contribution in [1.29, 1.82) is 0 Å². The molecule has 1 N–H and O–H groups in total. The Morgan fingerprint density at radius 1 is 1.53 bits per heavy atom. The van der Waals surface area contributed by atoms with Crippen LogP contribution >= 0.6 is 0 Å². The Hall–Kier alpha value is -0.610. The van der Waals surface area contributed by atoms with Crippen molar-refractivity contribution >= 4 is 5.97 Å². The van der Waals surface area contributed by atoms with Crippen molar-refractivity contribution in [3.8, 4) is 0 Å². The molecule has 0 aromatic carbocycles. The Kier molecular flexibility index (Phi) is 4.55. The predicted molar refractivity (Wildman–Crippen MR) is 67.1 cm³/mol. The van der Waals surface area contributed by atoms with Gasteiger partial charge in [-0.05, 0) is 39.7 Å². The third kappa shape index (κ3) is 3.42. The molecule has 0 aromatic heterocycles. The smallest absolute Gasteiger partial charge is 0.310 e. The van der Waals surface area contributed by atoms with Gasteiger partial charge < -0.3 is 14.7 Å². The number of methoxy groups -OCH3 is 1. The second-order valence-electron chi connectivity index (χ2n) is 5.68. The maximum absolute atomic E-state index is 11.3. The van der Waals surface area contributed by atoms with Gasteiger partial charge in [-0.15, -0.1) is 0 Å². The van der Waals surface area contributed by atoms with Gasteiger partial charge >= 0.3 is 5.97 Å². The molecule has 4 nitrogen and oxygen atoms in total. The molecule has 0 aromatic rings. The summed E-state index contributed by atoms with van der Waals surface area (Å²) < 4.78 is 5.38. The van der Waals surface area contributed by atoms with Gasteiger partial charge in [-0.25, -0.2) is 0 Å². The SMILES string of the molecule is CCC1(C(=O)O)CCN(CCC(C)(C)OC)C1. The van der Waals surface area contributed by atoms with Crippen molar-refractivity contribution in [2.45, 2.75) is 45.6 Å². The van der Waals surface area contributed by atoms with Crippen molar-refractivity contribution in [3.05, 3.63) is 0 Å². The lowest BCUT2D eigenvalue weighted by molar-refractivity contribution is -0.148. The highest BCUT2D eigenvalue weighted by atomic mass is 16.5. The second kappa shape index (κ2) is 5.36. The molecule has 0 spiro atoms. The predicted octanol–water partition coefficient (Wildman–Crippen LogP) is 1.99. The number of carboxylic acids is 1. The van der Waals surface area contributed by atoms with E-state index in [1.807, 2.05) is 6.92 Å². The zero-order valence-electron chi connectivity index (χ0n) is 11.5. The van der Waals surface area contributed by atoms with Gasteiger partial charge in [-0.2, -0.15) is 0 Å². The highest BCUT2D eigenvalue weighted by molar-refractivity contribution is 5.75. The monoisotopic (exact) mass is 243 g/mol. The van der Waals surface area contributed by atoms with E-state index in [2.05, 4.69) is 18.7 Å². The Balaban J connectivity index is 2.48. The van der Waals surface area contributed by atoms with Gasteiger partial charge in [0.25, 0.3) is 0 Å². The van der Waals surface area contributed by atoms with Crippen molar-refractivity contribution < 1.29 is 14.6 Å². The molecular formula is C13H25NO3. The van der Waals surface area contributed by atoms with Crippen LogP contribution in [0, 0.1) is 5.41 Å². The van der Waals surface area contributed by atoms with E-state index in [-0.39, 0.29) is 5.60 Å². The molecule has 1 aliphatic heterocycles.